The molecule has 1 aromatic rings. The Bertz CT molecular complexity index is 477. The normalized spacial score (nSPS) is 18.3. The number of rotatable bonds is 4. The van der Waals surface area contributed by atoms with Crippen molar-refractivity contribution in [3.63, 3.8) is 0 Å². The van der Waals surface area contributed by atoms with Gasteiger partial charge in [0.25, 0.3) is 5.69 Å². The van der Waals surface area contributed by atoms with Crippen molar-refractivity contribution in [3.05, 3.63) is 33.9 Å². The lowest BCUT2D eigenvalue weighted by molar-refractivity contribution is -0.385. The summed E-state index contributed by atoms with van der Waals surface area (Å²) in [5.74, 6) is -0.0104. The SMILES string of the molecule is Cl.N[C@H](c1cc([N+](=O)[O-])ccc1O)[C@@H](O)C1CCCC1. The molecule has 7 heteroatoms. The molecule has 0 unspecified atom stereocenters. The summed E-state index contributed by atoms with van der Waals surface area (Å²) >= 11 is 0. The number of nitro groups is 1. The highest BCUT2D eigenvalue weighted by molar-refractivity contribution is 5.85. The number of phenolic OH excluding ortho intramolecular Hbond substituents is 1. The predicted octanol–water partition coefficient (Wildman–Crippen LogP) is 2.27. The number of benzene rings is 1. The van der Waals surface area contributed by atoms with Gasteiger partial charge in [-0.05, 0) is 24.8 Å². The van der Waals surface area contributed by atoms with Gasteiger partial charge < -0.3 is 15.9 Å². The van der Waals surface area contributed by atoms with Crippen LogP contribution in [0.1, 0.15) is 37.3 Å². The first-order chi connectivity index (χ1) is 9.00. The number of aromatic hydroxyl groups is 1. The van der Waals surface area contributed by atoms with E-state index in [1.54, 1.807) is 0 Å². The molecule has 2 rings (SSSR count). The van der Waals surface area contributed by atoms with Crippen molar-refractivity contribution in [1.29, 1.82) is 0 Å². The topological polar surface area (TPSA) is 110 Å². The lowest BCUT2D eigenvalue weighted by atomic mass is 9.90. The van der Waals surface area contributed by atoms with Gasteiger partial charge in [0, 0.05) is 17.7 Å². The molecular weight excluding hydrogens is 284 g/mol. The van der Waals surface area contributed by atoms with Crippen LogP contribution in [-0.4, -0.2) is 21.2 Å². The molecule has 0 radical (unpaired) electrons. The smallest absolute Gasteiger partial charge is 0.270 e. The molecule has 1 aromatic carbocycles. The van der Waals surface area contributed by atoms with Crippen molar-refractivity contribution < 1.29 is 15.1 Å². The zero-order chi connectivity index (χ0) is 14.0. The van der Waals surface area contributed by atoms with E-state index in [-0.39, 0.29) is 35.3 Å². The van der Waals surface area contributed by atoms with Gasteiger partial charge in [-0.1, -0.05) is 12.8 Å². The molecular formula is C13H19ClN2O4. The number of aliphatic hydroxyl groups is 1. The first-order valence-electron chi connectivity index (χ1n) is 6.41. The van der Waals surface area contributed by atoms with Gasteiger partial charge in [0.1, 0.15) is 5.75 Å². The van der Waals surface area contributed by atoms with Crippen molar-refractivity contribution in [2.24, 2.45) is 11.7 Å². The molecule has 0 aliphatic heterocycles. The molecule has 1 saturated carbocycles. The van der Waals surface area contributed by atoms with E-state index < -0.39 is 17.1 Å². The fourth-order valence-electron chi connectivity index (χ4n) is 2.70. The Morgan fingerprint density at radius 1 is 1.35 bits per heavy atom. The number of non-ortho nitro benzene ring substituents is 1. The van der Waals surface area contributed by atoms with Crippen LogP contribution < -0.4 is 5.73 Å². The van der Waals surface area contributed by atoms with E-state index in [0.29, 0.717) is 0 Å². The van der Waals surface area contributed by atoms with E-state index in [2.05, 4.69) is 0 Å². The fraction of sp³-hybridized carbons (Fsp3) is 0.538. The lowest BCUT2D eigenvalue weighted by Crippen LogP contribution is -2.32. The summed E-state index contributed by atoms with van der Waals surface area (Å²) < 4.78 is 0. The molecule has 0 aromatic heterocycles. The van der Waals surface area contributed by atoms with Crippen LogP contribution in [0, 0.1) is 16.0 Å². The lowest BCUT2D eigenvalue weighted by Gasteiger charge is -2.25. The maximum absolute atomic E-state index is 10.7. The second-order valence-corrected chi connectivity index (χ2v) is 5.06. The van der Waals surface area contributed by atoms with Crippen molar-refractivity contribution >= 4 is 18.1 Å². The van der Waals surface area contributed by atoms with E-state index in [1.807, 2.05) is 0 Å². The standard InChI is InChI=1S/C13H18N2O4.ClH/c14-12(13(17)8-3-1-2-4-8)10-7-9(15(18)19)5-6-11(10)16;/h5-8,12-13,16-17H,1-4,14H2;1H/t12-,13+;/m1./s1. The van der Waals surface area contributed by atoms with Crippen LogP contribution in [0.3, 0.4) is 0 Å². The first kappa shape index (κ1) is 16.7. The van der Waals surface area contributed by atoms with Crippen LogP contribution in [0.4, 0.5) is 5.69 Å². The van der Waals surface area contributed by atoms with Crippen molar-refractivity contribution in [3.8, 4) is 5.75 Å². The van der Waals surface area contributed by atoms with Crippen LogP contribution >= 0.6 is 12.4 Å². The number of halogens is 1. The van der Waals surface area contributed by atoms with E-state index in [0.717, 1.165) is 25.7 Å². The second kappa shape index (κ2) is 6.88. The summed E-state index contributed by atoms with van der Waals surface area (Å²) in [5, 5.41) is 30.7. The van der Waals surface area contributed by atoms with E-state index in [1.165, 1.54) is 18.2 Å². The summed E-state index contributed by atoms with van der Waals surface area (Å²) in [6, 6.07) is 2.89. The predicted molar refractivity (Wildman–Crippen MR) is 76.9 cm³/mol. The maximum atomic E-state index is 10.7. The quantitative estimate of drug-likeness (QED) is 0.584. The van der Waals surface area contributed by atoms with Crippen LogP contribution in [-0.2, 0) is 0 Å². The third kappa shape index (κ3) is 3.39. The number of nitro benzene ring substituents is 1. The number of hydrogen-bond donors (Lipinski definition) is 3. The average molecular weight is 303 g/mol. The molecule has 2 atom stereocenters. The Hall–Kier alpha value is -1.37. The molecule has 0 bridgehead atoms. The third-order valence-electron chi connectivity index (χ3n) is 3.83. The van der Waals surface area contributed by atoms with Gasteiger partial charge in [0.2, 0.25) is 0 Å². The summed E-state index contributed by atoms with van der Waals surface area (Å²) in [7, 11) is 0. The van der Waals surface area contributed by atoms with Gasteiger partial charge in [-0.25, -0.2) is 0 Å². The largest absolute Gasteiger partial charge is 0.508 e. The van der Waals surface area contributed by atoms with Crippen LogP contribution in [0.15, 0.2) is 18.2 Å². The van der Waals surface area contributed by atoms with E-state index >= 15 is 0 Å². The van der Waals surface area contributed by atoms with E-state index in [4.69, 9.17) is 5.73 Å². The number of hydrogen-bond acceptors (Lipinski definition) is 5. The molecule has 0 saturated heterocycles. The zero-order valence-electron chi connectivity index (χ0n) is 10.9. The minimum atomic E-state index is -0.803. The average Bonchev–Trinajstić information content (AvgIpc) is 2.91. The van der Waals surface area contributed by atoms with Gasteiger partial charge in [-0.15, -0.1) is 12.4 Å². The summed E-state index contributed by atoms with van der Waals surface area (Å²) in [5.41, 5.74) is 6.05. The Morgan fingerprint density at radius 3 is 2.50 bits per heavy atom. The van der Waals surface area contributed by atoms with Gasteiger partial charge in [-0.3, -0.25) is 10.1 Å². The van der Waals surface area contributed by atoms with Crippen LogP contribution in [0.2, 0.25) is 0 Å². The fourth-order valence-corrected chi connectivity index (χ4v) is 2.70. The monoisotopic (exact) mass is 302 g/mol. The number of phenols is 1. The van der Waals surface area contributed by atoms with Crippen molar-refractivity contribution in [1.82, 2.24) is 0 Å². The number of nitrogens with two attached hydrogens (primary N) is 1. The van der Waals surface area contributed by atoms with Crippen LogP contribution in [0.25, 0.3) is 0 Å². The summed E-state index contributed by atoms with van der Waals surface area (Å²) in [6.07, 6.45) is 3.16. The minimum absolute atomic E-state index is 0. The van der Waals surface area contributed by atoms with Gasteiger partial charge in [0.15, 0.2) is 0 Å². The summed E-state index contributed by atoms with van der Waals surface area (Å²) in [4.78, 5) is 10.2. The third-order valence-corrected chi connectivity index (χ3v) is 3.83. The minimum Gasteiger partial charge on any atom is -0.508 e. The molecule has 1 aliphatic carbocycles. The highest BCUT2D eigenvalue weighted by Crippen LogP contribution is 2.36. The molecule has 0 amide bonds. The van der Waals surface area contributed by atoms with Crippen LogP contribution in [0.5, 0.6) is 5.75 Å². The van der Waals surface area contributed by atoms with E-state index in [9.17, 15) is 20.3 Å². The Balaban J connectivity index is 0.00000200. The highest BCUT2D eigenvalue weighted by atomic mass is 35.5. The molecule has 6 nitrogen and oxygen atoms in total. The van der Waals surface area contributed by atoms with Crippen molar-refractivity contribution in [2.75, 3.05) is 0 Å². The van der Waals surface area contributed by atoms with Crippen molar-refractivity contribution in [2.45, 2.75) is 37.8 Å². The zero-order valence-corrected chi connectivity index (χ0v) is 11.8. The maximum Gasteiger partial charge on any atom is 0.270 e. The summed E-state index contributed by atoms with van der Waals surface area (Å²) in [6.45, 7) is 0. The molecule has 0 spiro atoms. The van der Waals surface area contributed by atoms with Gasteiger partial charge in [-0.2, -0.15) is 0 Å². The Kier molecular flexibility index (Phi) is 5.74. The van der Waals surface area contributed by atoms with Gasteiger partial charge in [0.05, 0.1) is 17.1 Å². The molecule has 4 N–H and O–H groups in total. The molecule has 1 aliphatic rings. The first-order valence-corrected chi connectivity index (χ1v) is 6.41. The second-order valence-electron chi connectivity index (χ2n) is 5.06. The highest BCUT2D eigenvalue weighted by Gasteiger charge is 2.30. The van der Waals surface area contributed by atoms with Gasteiger partial charge >= 0.3 is 0 Å². The molecule has 20 heavy (non-hydrogen) atoms. The Labute approximate surface area is 123 Å². The number of aliphatic hydroxyl groups excluding tert-OH is 1. The molecule has 112 valence electrons. The molecule has 0 heterocycles. The Morgan fingerprint density at radius 2 is 1.95 bits per heavy atom. The number of nitrogens with zero attached hydrogens (tertiary/aromatic N) is 1. The molecule has 1 fully saturated rings.